The van der Waals surface area contributed by atoms with Crippen molar-refractivity contribution >= 4 is 45.0 Å². The lowest BCUT2D eigenvalue weighted by Gasteiger charge is -2.19. The number of aryl methyl sites for hydroxylation is 2. The minimum atomic E-state index is -0.496. The van der Waals surface area contributed by atoms with E-state index in [4.69, 9.17) is 4.98 Å². The van der Waals surface area contributed by atoms with Crippen LogP contribution in [0.15, 0.2) is 9.95 Å². The van der Waals surface area contributed by atoms with Crippen molar-refractivity contribution in [2.24, 2.45) is 5.92 Å². The van der Waals surface area contributed by atoms with Crippen molar-refractivity contribution in [1.29, 1.82) is 0 Å². The van der Waals surface area contributed by atoms with Crippen molar-refractivity contribution in [3.05, 3.63) is 20.8 Å². The maximum absolute atomic E-state index is 13.5. The van der Waals surface area contributed by atoms with Gasteiger partial charge in [-0.3, -0.25) is 19.0 Å². The summed E-state index contributed by atoms with van der Waals surface area (Å²) in [6.45, 7) is 6.75. The first kappa shape index (κ1) is 24.9. The molecule has 0 fully saturated rings. The van der Waals surface area contributed by atoms with Gasteiger partial charge in [0, 0.05) is 11.4 Å². The van der Waals surface area contributed by atoms with Crippen molar-refractivity contribution in [3.63, 3.8) is 0 Å². The van der Waals surface area contributed by atoms with Crippen molar-refractivity contribution in [1.82, 2.24) is 19.8 Å². The van der Waals surface area contributed by atoms with Gasteiger partial charge in [-0.1, -0.05) is 25.6 Å². The lowest BCUT2D eigenvalue weighted by molar-refractivity contribution is -0.126. The number of thiophene rings is 1. The predicted octanol–water partition coefficient (Wildman–Crippen LogP) is 3.11. The van der Waals surface area contributed by atoms with E-state index in [1.54, 1.807) is 15.9 Å². The number of carbonyl (C=O) groups is 2. The molecule has 3 rings (SSSR count). The molecule has 1 unspecified atom stereocenters. The number of thioether (sulfide) groups is 1. The van der Waals surface area contributed by atoms with Crippen molar-refractivity contribution in [2.45, 2.75) is 70.6 Å². The Kier molecular flexibility index (Phi) is 8.52. The molecular formula is C23H34N4O3S2. The molecule has 2 heterocycles. The summed E-state index contributed by atoms with van der Waals surface area (Å²) in [5, 5.41) is 4.19. The molecule has 0 saturated heterocycles. The maximum atomic E-state index is 13.5. The molecule has 0 aromatic carbocycles. The molecule has 0 aliphatic heterocycles. The van der Waals surface area contributed by atoms with Crippen LogP contribution in [0.4, 0.5) is 0 Å². The van der Waals surface area contributed by atoms with Gasteiger partial charge < -0.3 is 10.2 Å². The minimum absolute atomic E-state index is 0.0138. The second-order valence-electron chi connectivity index (χ2n) is 9.09. The van der Waals surface area contributed by atoms with Gasteiger partial charge in [0.1, 0.15) is 4.83 Å². The third-order valence-electron chi connectivity index (χ3n) is 5.78. The van der Waals surface area contributed by atoms with Gasteiger partial charge in [-0.15, -0.1) is 11.3 Å². The summed E-state index contributed by atoms with van der Waals surface area (Å²) in [7, 11) is 4.03. The van der Waals surface area contributed by atoms with Gasteiger partial charge in [0.2, 0.25) is 5.91 Å². The molecule has 0 saturated carbocycles. The van der Waals surface area contributed by atoms with Crippen LogP contribution in [0.2, 0.25) is 0 Å². The van der Waals surface area contributed by atoms with Gasteiger partial charge in [0.15, 0.2) is 10.9 Å². The molecule has 1 amide bonds. The highest BCUT2D eigenvalue weighted by Gasteiger charge is 2.24. The van der Waals surface area contributed by atoms with Gasteiger partial charge in [0.05, 0.1) is 17.2 Å². The van der Waals surface area contributed by atoms with Crippen LogP contribution in [0, 0.1) is 5.92 Å². The Morgan fingerprint density at radius 1 is 1.25 bits per heavy atom. The van der Waals surface area contributed by atoms with E-state index in [2.05, 4.69) is 10.2 Å². The lowest BCUT2D eigenvalue weighted by atomic mass is 9.97. The van der Waals surface area contributed by atoms with E-state index in [-0.39, 0.29) is 28.9 Å². The zero-order valence-electron chi connectivity index (χ0n) is 19.7. The summed E-state index contributed by atoms with van der Waals surface area (Å²) in [6.07, 6.45) is 5.06. The standard InChI is InChI=1S/C23H34N4O3S2/c1-14(2)20(15(3)28)24-18(29)13-31-23-25-21-19(16-9-6-7-10-17(16)32-21)22(30)27(23)12-8-11-26(4)5/h14,20H,6-13H2,1-5H3,(H,24,29). The molecule has 1 atom stereocenters. The van der Waals surface area contributed by atoms with Crippen LogP contribution in [0.5, 0.6) is 0 Å². The monoisotopic (exact) mass is 478 g/mol. The molecule has 9 heteroatoms. The fourth-order valence-electron chi connectivity index (χ4n) is 4.16. The molecule has 0 spiro atoms. The molecule has 1 aliphatic carbocycles. The molecule has 0 bridgehead atoms. The summed E-state index contributed by atoms with van der Waals surface area (Å²) in [4.78, 5) is 46.9. The molecule has 1 N–H and O–H groups in total. The van der Waals surface area contributed by atoms with E-state index in [1.807, 2.05) is 27.9 Å². The van der Waals surface area contributed by atoms with E-state index in [0.717, 1.165) is 48.9 Å². The molecule has 2 aromatic rings. The fourth-order valence-corrected chi connectivity index (χ4v) is 6.29. The Morgan fingerprint density at radius 2 is 1.97 bits per heavy atom. The highest BCUT2D eigenvalue weighted by Crippen LogP contribution is 2.34. The first-order valence-corrected chi connectivity index (χ1v) is 13.1. The second-order valence-corrected chi connectivity index (χ2v) is 11.1. The average Bonchev–Trinajstić information content (AvgIpc) is 3.10. The third kappa shape index (κ3) is 5.80. The number of amides is 1. The highest BCUT2D eigenvalue weighted by molar-refractivity contribution is 7.99. The van der Waals surface area contributed by atoms with Crippen molar-refractivity contribution in [3.8, 4) is 0 Å². The van der Waals surface area contributed by atoms with Gasteiger partial charge >= 0.3 is 0 Å². The minimum Gasteiger partial charge on any atom is -0.345 e. The molecular weight excluding hydrogens is 444 g/mol. The second kappa shape index (κ2) is 10.9. The normalized spacial score (nSPS) is 14.7. The first-order valence-electron chi connectivity index (χ1n) is 11.3. The summed E-state index contributed by atoms with van der Waals surface area (Å²) in [5.41, 5.74) is 1.20. The number of ketones is 1. The smallest absolute Gasteiger partial charge is 0.263 e. The van der Waals surface area contributed by atoms with Gasteiger partial charge in [-0.05, 0) is 71.1 Å². The Balaban J connectivity index is 1.87. The van der Waals surface area contributed by atoms with Crippen LogP contribution >= 0.6 is 23.1 Å². The van der Waals surface area contributed by atoms with Crippen LogP contribution in [-0.2, 0) is 29.0 Å². The van der Waals surface area contributed by atoms with Crippen LogP contribution in [-0.4, -0.2) is 58.6 Å². The highest BCUT2D eigenvalue weighted by atomic mass is 32.2. The van der Waals surface area contributed by atoms with Crippen molar-refractivity contribution in [2.75, 3.05) is 26.4 Å². The number of rotatable bonds is 10. The zero-order valence-corrected chi connectivity index (χ0v) is 21.3. The number of carbonyl (C=O) groups excluding carboxylic acids is 2. The first-order chi connectivity index (χ1) is 15.2. The number of nitrogens with one attached hydrogen (secondary N) is 1. The van der Waals surface area contributed by atoms with Crippen LogP contribution in [0.3, 0.4) is 0 Å². The van der Waals surface area contributed by atoms with Gasteiger partial charge in [0.25, 0.3) is 5.56 Å². The zero-order chi connectivity index (χ0) is 23.4. The largest absolute Gasteiger partial charge is 0.345 e. The Bertz CT molecular complexity index is 1040. The van der Waals surface area contributed by atoms with Gasteiger partial charge in [-0.25, -0.2) is 4.98 Å². The van der Waals surface area contributed by atoms with Gasteiger partial charge in [-0.2, -0.15) is 0 Å². The molecule has 7 nitrogen and oxygen atoms in total. The molecule has 32 heavy (non-hydrogen) atoms. The van der Waals surface area contributed by atoms with E-state index in [0.29, 0.717) is 11.7 Å². The lowest BCUT2D eigenvalue weighted by Crippen LogP contribution is -2.44. The summed E-state index contributed by atoms with van der Waals surface area (Å²) in [5.74, 6) is -0.128. The fraction of sp³-hybridized carbons (Fsp3) is 0.652. The van der Waals surface area contributed by atoms with E-state index in [1.165, 1.54) is 29.1 Å². The van der Waals surface area contributed by atoms with E-state index >= 15 is 0 Å². The molecule has 2 aromatic heterocycles. The Morgan fingerprint density at radius 3 is 2.62 bits per heavy atom. The summed E-state index contributed by atoms with van der Waals surface area (Å²) in [6, 6.07) is -0.496. The number of Topliss-reactive ketones (excluding diaryl/α,β-unsaturated/α-hetero) is 1. The summed E-state index contributed by atoms with van der Waals surface area (Å²) >= 11 is 2.90. The number of hydrogen-bond donors (Lipinski definition) is 1. The molecule has 0 radical (unpaired) electrons. The predicted molar refractivity (Wildman–Crippen MR) is 132 cm³/mol. The Labute approximate surface area is 198 Å². The maximum Gasteiger partial charge on any atom is 0.263 e. The van der Waals surface area contributed by atoms with Crippen molar-refractivity contribution < 1.29 is 9.59 Å². The van der Waals surface area contributed by atoms with Crippen LogP contribution < -0.4 is 10.9 Å². The van der Waals surface area contributed by atoms with E-state index in [9.17, 15) is 14.4 Å². The number of nitrogens with zero attached hydrogens (tertiary/aromatic N) is 3. The van der Waals surface area contributed by atoms with Crippen LogP contribution in [0.1, 0.15) is 50.5 Å². The van der Waals surface area contributed by atoms with Crippen LogP contribution in [0.25, 0.3) is 10.2 Å². The number of fused-ring (bicyclic) bond motifs is 3. The third-order valence-corrected chi connectivity index (χ3v) is 7.94. The van der Waals surface area contributed by atoms with E-state index < -0.39 is 6.04 Å². The number of hydrogen-bond acceptors (Lipinski definition) is 7. The molecule has 1 aliphatic rings. The quantitative estimate of drug-likeness (QED) is 0.417. The summed E-state index contributed by atoms with van der Waals surface area (Å²) < 4.78 is 1.75. The SMILES string of the molecule is CC(=O)C(NC(=O)CSc1nc2sc3c(c2c(=O)n1CCCN(C)C)CCCC3)C(C)C. The average molecular weight is 479 g/mol. The topological polar surface area (TPSA) is 84.3 Å². The Hall–Kier alpha value is -1.71. The number of aromatic nitrogens is 2. The molecule has 176 valence electrons.